The third kappa shape index (κ3) is 5.60. The zero-order valence-corrected chi connectivity index (χ0v) is 12.2. The zero-order valence-electron chi connectivity index (χ0n) is 11.4. The Kier molecular flexibility index (Phi) is 6.07. The second kappa shape index (κ2) is 7.07. The molecule has 0 saturated heterocycles. The molecule has 0 aliphatic carbocycles. The molecule has 1 rings (SSSR count). The van der Waals surface area contributed by atoms with Crippen LogP contribution in [-0.2, 0) is 6.42 Å². The van der Waals surface area contributed by atoms with Crippen LogP contribution in [0.25, 0.3) is 0 Å². The molecule has 0 amide bonds. The van der Waals surface area contributed by atoms with E-state index in [4.69, 9.17) is 0 Å². The molecule has 1 unspecified atom stereocenters. The van der Waals surface area contributed by atoms with Gasteiger partial charge in [-0.05, 0) is 43.1 Å². The van der Waals surface area contributed by atoms with Crippen molar-refractivity contribution in [3.8, 4) is 0 Å². The highest BCUT2D eigenvalue weighted by molar-refractivity contribution is 7.99. The van der Waals surface area contributed by atoms with E-state index in [1.807, 2.05) is 11.8 Å². The van der Waals surface area contributed by atoms with E-state index >= 15 is 0 Å². The van der Waals surface area contributed by atoms with Crippen LogP contribution in [0.2, 0.25) is 0 Å². The van der Waals surface area contributed by atoms with Crippen LogP contribution < -0.4 is 0 Å². The number of thioether (sulfide) groups is 1. The molecule has 1 atom stereocenters. The number of benzene rings is 1. The van der Waals surface area contributed by atoms with Gasteiger partial charge in [0.25, 0.3) is 0 Å². The van der Waals surface area contributed by atoms with Gasteiger partial charge in [-0.1, -0.05) is 37.6 Å². The first-order chi connectivity index (χ1) is 7.99. The summed E-state index contributed by atoms with van der Waals surface area (Å²) < 4.78 is 0. The van der Waals surface area contributed by atoms with Crippen molar-refractivity contribution in [1.82, 2.24) is 0 Å². The highest BCUT2D eigenvalue weighted by Crippen LogP contribution is 2.16. The van der Waals surface area contributed by atoms with E-state index in [2.05, 4.69) is 45.9 Å². The lowest BCUT2D eigenvalue weighted by atomic mass is 10.0. The molecule has 1 nitrogen and oxygen atoms in total. The summed E-state index contributed by atoms with van der Waals surface area (Å²) in [4.78, 5) is 0. The molecule has 0 bridgehead atoms. The second-order valence-electron chi connectivity index (χ2n) is 5.22. The van der Waals surface area contributed by atoms with E-state index in [1.54, 1.807) is 0 Å². The number of aliphatic hydroxyl groups is 1. The molecule has 1 aromatic rings. The first-order valence-electron chi connectivity index (χ1n) is 6.31. The van der Waals surface area contributed by atoms with Gasteiger partial charge in [0.15, 0.2) is 0 Å². The maximum Gasteiger partial charge on any atom is 0.0670 e. The van der Waals surface area contributed by atoms with E-state index in [-0.39, 0.29) is 6.10 Å². The summed E-state index contributed by atoms with van der Waals surface area (Å²) >= 11 is 1.85. The molecular formula is C15H24OS. The summed E-state index contributed by atoms with van der Waals surface area (Å²) in [7, 11) is 0. The second-order valence-corrected chi connectivity index (χ2v) is 6.29. The molecule has 0 aromatic heterocycles. The maximum absolute atomic E-state index is 10.0. The van der Waals surface area contributed by atoms with E-state index in [9.17, 15) is 5.11 Å². The van der Waals surface area contributed by atoms with Crippen LogP contribution in [0.1, 0.15) is 30.5 Å². The van der Waals surface area contributed by atoms with Gasteiger partial charge in [0.2, 0.25) is 0 Å². The molecule has 0 spiro atoms. The first kappa shape index (κ1) is 14.6. The molecule has 0 radical (unpaired) electrons. The third-order valence-corrected chi connectivity index (χ3v) is 4.24. The topological polar surface area (TPSA) is 20.2 Å². The average molecular weight is 252 g/mol. The van der Waals surface area contributed by atoms with Crippen LogP contribution in [0.15, 0.2) is 18.2 Å². The standard InChI is InChI=1S/C15H24OS/c1-11(2)9-17-10-15(16)8-14-7-12(3)5-6-13(14)4/h5-7,11,15-16H,8-10H2,1-4H3. The zero-order chi connectivity index (χ0) is 12.8. The van der Waals surface area contributed by atoms with Crippen LogP contribution in [0, 0.1) is 19.8 Å². The van der Waals surface area contributed by atoms with Gasteiger partial charge >= 0.3 is 0 Å². The fraction of sp³-hybridized carbons (Fsp3) is 0.600. The highest BCUT2D eigenvalue weighted by Gasteiger charge is 2.08. The van der Waals surface area contributed by atoms with Gasteiger partial charge in [0.1, 0.15) is 0 Å². The Morgan fingerprint density at radius 2 is 1.88 bits per heavy atom. The van der Waals surface area contributed by atoms with Crippen molar-refractivity contribution in [2.75, 3.05) is 11.5 Å². The van der Waals surface area contributed by atoms with E-state index in [0.717, 1.165) is 17.9 Å². The molecule has 1 aromatic carbocycles. The van der Waals surface area contributed by atoms with Gasteiger partial charge in [0, 0.05) is 5.75 Å². The summed E-state index contributed by atoms with van der Waals surface area (Å²) in [5, 5.41) is 10.0. The molecule has 2 heteroatoms. The van der Waals surface area contributed by atoms with E-state index in [1.165, 1.54) is 16.7 Å². The largest absolute Gasteiger partial charge is 0.392 e. The molecule has 0 aliphatic rings. The van der Waals surface area contributed by atoms with Gasteiger partial charge in [-0.25, -0.2) is 0 Å². The predicted molar refractivity (Wildman–Crippen MR) is 77.8 cm³/mol. The number of aliphatic hydroxyl groups excluding tert-OH is 1. The Balaban J connectivity index is 2.44. The number of hydrogen-bond acceptors (Lipinski definition) is 2. The monoisotopic (exact) mass is 252 g/mol. The molecule has 96 valence electrons. The van der Waals surface area contributed by atoms with Gasteiger partial charge in [-0.3, -0.25) is 0 Å². The minimum atomic E-state index is -0.223. The smallest absolute Gasteiger partial charge is 0.0670 e. The fourth-order valence-corrected chi connectivity index (χ4v) is 2.77. The minimum Gasteiger partial charge on any atom is -0.392 e. The predicted octanol–water partition coefficient (Wildman–Crippen LogP) is 3.60. The van der Waals surface area contributed by atoms with Gasteiger partial charge in [-0.2, -0.15) is 11.8 Å². The lowest BCUT2D eigenvalue weighted by Gasteiger charge is -2.13. The first-order valence-corrected chi connectivity index (χ1v) is 7.46. The Hall–Kier alpha value is -0.470. The molecule has 0 saturated carbocycles. The molecule has 17 heavy (non-hydrogen) atoms. The van der Waals surface area contributed by atoms with Crippen molar-refractivity contribution in [2.24, 2.45) is 5.92 Å². The van der Waals surface area contributed by atoms with Crippen molar-refractivity contribution in [1.29, 1.82) is 0 Å². The minimum absolute atomic E-state index is 0.223. The molecule has 0 fully saturated rings. The van der Waals surface area contributed by atoms with E-state index in [0.29, 0.717) is 5.92 Å². The van der Waals surface area contributed by atoms with E-state index < -0.39 is 0 Å². The fourth-order valence-electron chi connectivity index (χ4n) is 1.77. The number of hydrogen-bond donors (Lipinski definition) is 1. The molecular weight excluding hydrogens is 228 g/mol. The van der Waals surface area contributed by atoms with Gasteiger partial charge in [-0.15, -0.1) is 0 Å². The SMILES string of the molecule is Cc1ccc(C)c(CC(O)CSCC(C)C)c1. The molecule has 0 aliphatic heterocycles. The number of rotatable bonds is 6. The summed E-state index contributed by atoms with van der Waals surface area (Å²) in [6.45, 7) is 8.64. The lowest BCUT2D eigenvalue weighted by molar-refractivity contribution is 0.200. The summed E-state index contributed by atoms with van der Waals surface area (Å²) in [6, 6.07) is 6.45. The van der Waals surface area contributed by atoms with Crippen molar-refractivity contribution < 1.29 is 5.11 Å². The number of aryl methyl sites for hydroxylation is 2. The quantitative estimate of drug-likeness (QED) is 0.835. The van der Waals surface area contributed by atoms with Crippen molar-refractivity contribution in [2.45, 2.75) is 40.2 Å². The lowest BCUT2D eigenvalue weighted by Crippen LogP contribution is -2.15. The molecule has 1 N–H and O–H groups in total. The Bertz CT molecular complexity index is 347. The summed E-state index contributed by atoms with van der Waals surface area (Å²) in [6.07, 6.45) is 0.553. The van der Waals surface area contributed by atoms with Crippen molar-refractivity contribution in [3.63, 3.8) is 0 Å². The van der Waals surface area contributed by atoms with Crippen LogP contribution in [0.5, 0.6) is 0 Å². The van der Waals surface area contributed by atoms with Crippen LogP contribution in [0.3, 0.4) is 0 Å². The maximum atomic E-state index is 10.0. The Morgan fingerprint density at radius 1 is 1.18 bits per heavy atom. The van der Waals surface area contributed by atoms with Crippen molar-refractivity contribution >= 4 is 11.8 Å². The van der Waals surface area contributed by atoms with Crippen molar-refractivity contribution in [3.05, 3.63) is 34.9 Å². The summed E-state index contributed by atoms with van der Waals surface area (Å²) in [5.41, 5.74) is 3.83. The van der Waals surface area contributed by atoms with Crippen LogP contribution >= 0.6 is 11.8 Å². The van der Waals surface area contributed by atoms with Gasteiger partial charge < -0.3 is 5.11 Å². The third-order valence-electron chi connectivity index (χ3n) is 2.72. The highest BCUT2D eigenvalue weighted by atomic mass is 32.2. The normalized spacial score (nSPS) is 13.1. The van der Waals surface area contributed by atoms with Crippen LogP contribution in [-0.4, -0.2) is 22.7 Å². The average Bonchev–Trinajstić information content (AvgIpc) is 2.23. The van der Waals surface area contributed by atoms with Gasteiger partial charge in [0.05, 0.1) is 6.10 Å². The molecule has 0 heterocycles. The summed E-state index contributed by atoms with van der Waals surface area (Å²) in [5.74, 6) is 2.67. The van der Waals surface area contributed by atoms with Crippen LogP contribution in [0.4, 0.5) is 0 Å². The Labute approximate surface area is 110 Å². The Morgan fingerprint density at radius 3 is 2.53 bits per heavy atom.